The van der Waals surface area contributed by atoms with Crippen LogP contribution >= 0.6 is 0 Å². The molecule has 0 aliphatic heterocycles. The quantitative estimate of drug-likeness (QED) is 0.223. The SMILES string of the molecule is CCCCCCC(O)C[N+](CCCCC)(CCCCC)CCC(C)C(=O)O. The summed E-state index contributed by atoms with van der Waals surface area (Å²) in [6.07, 6.45) is 13.3. The molecule has 0 spiro atoms. The Morgan fingerprint density at radius 1 is 0.778 bits per heavy atom. The first-order valence-corrected chi connectivity index (χ1v) is 11.7. The Balaban J connectivity index is 4.99. The number of nitrogens with zero attached hydrogens (tertiary/aromatic N) is 1. The third-order valence-electron chi connectivity index (χ3n) is 5.92. The van der Waals surface area contributed by atoms with Crippen molar-refractivity contribution in [3.63, 3.8) is 0 Å². The van der Waals surface area contributed by atoms with Gasteiger partial charge in [0.2, 0.25) is 0 Å². The third kappa shape index (κ3) is 13.2. The molecule has 0 amide bonds. The van der Waals surface area contributed by atoms with Crippen LogP contribution in [-0.4, -0.2) is 52.9 Å². The molecule has 0 saturated carbocycles. The van der Waals surface area contributed by atoms with Gasteiger partial charge in [-0.1, -0.05) is 66.2 Å². The first-order valence-electron chi connectivity index (χ1n) is 11.7. The molecule has 2 unspecified atom stereocenters. The fourth-order valence-corrected chi connectivity index (χ4v) is 3.94. The number of aliphatic carboxylic acids is 1. The first kappa shape index (κ1) is 26.4. The number of hydrogen-bond donors (Lipinski definition) is 2. The average Bonchev–Trinajstić information content (AvgIpc) is 2.63. The van der Waals surface area contributed by atoms with Gasteiger partial charge >= 0.3 is 5.97 Å². The Kier molecular flexibility index (Phi) is 16.0. The second-order valence-corrected chi connectivity index (χ2v) is 8.64. The van der Waals surface area contributed by atoms with Gasteiger partial charge in [-0.25, -0.2) is 0 Å². The van der Waals surface area contributed by atoms with Crippen molar-refractivity contribution < 1.29 is 19.5 Å². The highest BCUT2D eigenvalue weighted by Crippen LogP contribution is 2.20. The van der Waals surface area contributed by atoms with Crippen molar-refractivity contribution in [2.24, 2.45) is 5.92 Å². The minimum absolute atomic E-state index is 0.259. The number of hydrogen-bond acceptors (Lipinski definition) is 2. The van der Waals surface area contributed by atoms with Crippen molar-refractivity contribution in [1.82, 2.24) is 0 Å². The number of carboxylic acids is 1. The van der Waals surface area contributed by atoms with Gasteiger partial charge in [-0.05, 0) is 32.1 Å². The van der Waals surface area contributed by atoms with Gasteiger partial charge in [0.25, 0.3) is 0 Å². The van der Waals surface area contributed by atoms with Gasteiger partial charge in [0.15, 0.2) is 0 Å². The van der Waals surface area contributed by atoms with Crippen molar-refractivity contribution in [3.8, 4) is 0 Å². The summed E-state index contributed by atoms with van der Waals surface area (Å²) in [5.74, 6) is -1.00. The van der Waals surface area contributed by atoms with Crippen LogP contribution in [0.1, 0.15) is 105 Å². The van der Waals surface area contributed by atoms with Crippen LogP contribution in [0.2, 0.25) is 0 Å². The largest absolute Gasteiger partial charge is 0.481 e. The highest BCUT2D eigenvalue weighted by molar-refractivity contribution is 5.69. The van der Waals surface area contributed by atoms with Crippen LogP contribution in [0.3, 0.4) is 0 Å². The number of carbonyl (C=O) groups is 1. The molecule has 162 valence electrons. The van der Waals surface area contributed by atoms with Crippen molar-refractivity contribution in [2.45, 2.75) is 111 Å². The summed E-state index contributed by atoms with van der Waals surface area (Å²) in [6, 6.07) is 0. The fraction of sp³-hybridized carbons (Fsp3) is 0.957. The monoisotopic (exact) mass is 386 g/mol. The number of aliphatic hydroxyl groups excluding tert-OH is 1. The van der Waals surface area contributed by atoms with E-state index in [9.17, 15) is 15.0 Å². The predicted molar refractivity (Wildman–Crippen MR) is 115 cm³/mol. The molecule has 0 saturated heterocycles. The van der Waals surface area contributed by atoms with Crippen molar-refractivity contribution in [1.29, 1.82) is 0 Å². The van der Waals surface area contributed by atoms with Gasteiger partial charge in [-0.2, -0.15) is 0 Å². The van der Waals surface area contributed by atoms with E-state index in [2.05, 4.69) is 20.8 Å². The normalized spacial score (nSPS) is 14.3. The van der Waals surface area contributed by atoms with Crippen molar-refractivity contribution in [2.75, 3.05) is 26.2 Å². The second kappa shape index (κ2) is 16.4. The minimum atomic E-state index is -0.699. The number of quaternary nitrogens is 1. The van der Waals surface area contributed by atoms with E-state index in [0.29, 0.717) is 6.42 Å². The Hall–Kier alpha value is -0.610. The summed E-state index contributed by atoms with van der Waals surface area (Å²) in [4.78, 5) is 11.3. The molecule has 2 atom stereocenters. The molecule has 0 heterocycles. The summed E-state index contributed by atoms with van der Waals surface area (Å²) in [6.45, 7) is 12.3. The van der Waals surface area contributed by atoms with Crippen molar-refractivity contribution in [3.05, 3.63) is 0 Å². The summed E-state index contributed by atoms with van der Waals surface area (Å²) >= 11 is 0. The fourth-order valence-electron chi connectivity index (χ4n) is 3.94. The molecular weight excluding hydrogens is 338 g/mol. The lowest BCUT2D eigenvalue weighted by Crippen LogP contribution is -2.54. The Bertz CT molecular complexity index is 350. The maximum absolute atomic E-state index is 11.3. The van der Waals surface area contributed by atoms with E-state index in [0.717, 1.165) is 43.5 Å². The van der Waals surface area contributed by atoms with Gasteiger partial charge in [0.1, 0.15) is 12.6 Å². The summed E-state index contributed by atoms with van der Waals surface area (Å²) in [5.41, 5.74) is 0. The van der Waals surface area contributed by atoms with Gasteiger partial charge in [-0.15, -0.1) is 0 Å². The molecule has 4 heteroatoms. The zero-order valence-corrected chi connectivity index (χ0v) is 18.7. The molecule has 0 aromatic heterocycles. The molecule has 0 aromatic carbocycles. The van der Waals surface area contributed by atoms with E-state index in [1.54, 1.807) is 0 Å². The summed E-state index contributed by atoms with van der Waals surface area (Å²) < 4.78 is 0.909. The molecule has 0 rings (SSSR count). The molecule has 0 aromatic rings. The zero-order chi connectivity index (χ0) is 20.5. The zero-order valence-electron chi connectivity index (χ0n) is 18.7. The van der Waals surface area contributed by atoms with Crippen LogP contribution in [0.15, 0.2) is 0 Å². The highest BCUT2D eigenvalue weighted by atomic mass is 16.4. The second-order valence-electron chi connectivity index (χ2n) is 8.64. The standard InChI is InChI=1S/C23H47NO3/c1-5-8-11-12-15-22(25)20-24(17-13-9-6-2,18-14-10-7-3)19-16-21(4)23(26)27/h21-22,25H,5-20H2,1-4H3/p+1. The number of carboxylic acid groups (broad SMARTS) is 1. The van der Waals surface area contributed by atoms with Gasteiger partial charge in [0, 0.05) is 6.42 Å². The molecule has 4 nitrogen and oxygen atoms in total. The van der Waals surface area contributed by atoms with Gasteiger partial charge in [0.05, 0.1) is 25.6 Å². The Morgan fingerprint density at radius 2 is 1.30 bits per heavy atom. The minimum Gasteiger partial charge on any atom is -0.481 e. The van der Waals surface area contributed by atoms with Crippen LogP contribution in [0, 0.1) is 5.92 Å². The lowest BCUT2D eigenvalue weighted by molar-refractivity contribution is -0.931. The highest BCUT2D eigenvalue weighted by Gasteiger charge is 2.30. The molecule has 0 bridgehead atoms. The number of unbranched alkanes of at least 4 members (excludes halogenated alkanes) is 7. The summed E-state index contributed by atoms with van der Waals surface area (Å²) in [7, 11) is 0. The van der Waals surface area contributed by atoms with Crippen LogP contribution < -0.4 is 0 Å². The predicted octanol–water partition coefficient (Wildman–Crippen LogP) is 5.63. The maximum atomic E-state index is 11.3. The number of aliphatic hydroxyl groups is 1. The van der Waals surface area contributed by atoms with Crippen LogP contribution in [0.5, 0.6) is 0 Å². The topological polar surface area (TPSA) is 57.5 Å². The molecule has 0 aliphatic carbocycles. The van der Waals surface area contributed by atoms with Gasteiger partial charge in [-0.3, -0.25) is 4.79 Å². The molecule has 0 radical (unpaired) electrons. The first-order chi connectivity index (χ1) is 12.9. The van der Waals surface area contributed by atoms with E-state index in [1.165, 1.54) is 57.8 Å². The molecule has 27 heavy (non-hydrogen) atoms. The molecule has 0 aliphatic rings. The van der Waals surface area contributed by atoms with Crippen LogP contribution in [0.25, 0.3) is 0 Å². The number of rotatable bonds is 19. The lowest BCUT2D eigenvalue weighted by atomic mass is 10.0. The van der Waals surface area contributed by atoms with E-state index in [1.807, 2.05) is 6.92 Å². The van der Waals surface area contributed by atoms with Gasteiger partial charge < -0.3 is 14.7 Å². The Morgan fingerprint density at radius 3 is 1.78 bits per heavy atom. The summed E-state index contributed by atoms with van der Waals surface area (Å²) in [5, 5.41) is 20.0. The van der Waals surface area contributed by atoms with E-state index >= 15 is 0 Å². The molecule has 2 N–H and O–H groups in total. The molecule has 0 fully saturated rings. The average molecular weight is 387 g/mol. The lowest BCUT2D eigenvalue weighted by Gasteiger charge is -2.41. The molecular formula is C23H48NO3+. The van der Waals surface area contributed by atoms with Crippen molar-refractivity contribution >= 4 is 5.97 Å². The van der Waals surface area contributed by atoms with E-state index in [-0.39, 0.29) is 12.0 Å². The van der Waals surface area contributed by atoms with E-state index < -0.39 is 5.97 Å². The third-order valence-corrected chi connectivity index (χ3v) is 5.92. The van der Waals surface area contributed by atoms with Crippen LogP contribution in [-0.2, 0) is 4.79 Å². The maximum Gasteiger partial charge on any atom is 0.306 e. The van der Waals surface area contributed by atoms with Crippen LogP contribution in [0.4, 0.5) is 0 Å². The Labute approximate surface area is 168 Å². The van der Waals surface area contributed by atoms with E-state index in [4.69, 9.17) is 0 Å². The smallest absolute Gasteiger partial charge is 0.306 e.